The number of fused-ring (bicyclic) bond motifs is 1. The molecule has 0 aliphatic rings. The maximum atomic E-state index is 13.2. The third kappa shape index (κ3) is 19.3. The lowest BCUT2D eigenvalue weighted by molar-refractivity contribution is -0.142. The first-order valence-electron chi connectivity index (χ1n) is 22.3. The van der Waals surface area contributed by atoms with E-state index in [-0.39, 0.29) is 31.1 Å². The number of hydrogen-bond acceptors (Lipinski definition) is 7. The van der Waals surface area contributed by atoms with Gasteiger partial charge in [0.25, 0.3) is 0 Å². The van der Waals surface area contributed by atoms with Crippen LogP contribution < -0.4 is 32.7 Å². The van der Waals surface area contributed by atoms with Crippen molar-refractivity contribution in [1.82, 2.24) is 21.3 Å². The van der Waals surface area contributed by atoms with Gasteiger partial charge in [0.05, 0.1) is 6.42 Å². The highest BCUT2D eigenvalue weighted by Gasteiger charge is 2.30. The molecule has 0 saturated heterocycles. The van der Waals surface area contributed by atoms with Crippen LogP contribution in [-0.2, 0) is 46.4 Å². The minimum atomic E-state index is -1.28. The van der Waals surface area contributed by atoms with Crippen LogP contribution in [0.15, 0.2) is 72.8 Å². The first kappa shape index (κ1) is 50.6. The number of benzene rings is 3. The zero-order valence-corrected chi connectivity index (χ0v) is 36.5. The van der Waals surface area contributed by atoms with Crippen molar-refractivity contribution in [2.24, 2.45) is 17.4 Å². The van der Waals surface area contributed by atoms with E-state index in [1.165, 1.54) is 0 Å². The quantitative estimate of drug-likeness (QED) is 0.0406. The SMILES string of the molecule is CC[C@H](C)[C@H](NC(=O)CCCCCCCCCCCCCCC(=O)N[C@@H](CC(N)=O)C(=O)N[C@@H](Cc1ccc2ccccc2c1)C(=O)O)C(=O)N[C@@H](Cc1ccccc1)C(N)=O. The molecule has 3 aromatic carbocycles. The van der Waals surface area contributed by atoms with Crippen molar-refractivity contribution >= 4 is 52.2 Å². The van der Waals surface area contributed by atoms with Crippen molar-refractivity contribution in [3.05, 3.63) is 83.9 Å². The molecule has 0 saturated carbocycles. The molecular formula is C48H68N6O8. The van der Waals surface area contributed by atoms with E-state index in [2.05, 4.69) is 21.3 Å². The molecule has 0 aliphatic carbocycles. The molecule has 3 rings (SSSR count). The van der Waals surface area contributed by atoms with Crippen LogP contribution in [0.5, 0.6) is 0 Å². The van der Waals surface area contributed by atoms with Crippen molar-refractivity contribution in [3.8, 4) is 0 Å². The van der Waals surface area contributed by atoms with Crippen LogP contribution >= 0.6 is 0 Å². The van der Waals surface area contributed by atoms with Crippen LogP contribution in [0.25, 0.3) is 10.8 Å². The Hall–Kier alpha value is -5.79. The van der Waals surface area contributed by atoms with Gasteiger partial charge in [-0.15, -0.1) is 0 Å². The van der Waals surface area contributed by atoms with Crippen molar-refractivity contribution in [1.29, 1.82) is 0 Å². The number of carboxylic acids is 1. The molecule has 0 aliphatic heterocycles. The van der Waals surface area contributed by atoms with Gasteiger partial charge in [-0.25, -0.2) is 4.79 Å². The molecule has 5 atom stereocenters. The molecule has 0 radical (unpaired) electrons. The van der Waals surface area contributed by atoms with E-state index in [9.17, 15) is 38.7 Å². The van der Waals surface area contributed by atoms with Gasteiger partial charge in [-0.1, -0.05) is 157 Å². The third-order valence-electron chi connectivity index (χ3n) is 11.2. The Bertz CT molecular complexity index is 1910. The van der Waals surface area contributed by atoms with Gasteiger partial charge in [0.2, 0.25) is 35.4 Å². The van der Waals surface area contributed by atoms with Crippen molar-refractivity contribution < 1.29 is 38.7 Å². The third-order valence-corrected chi connectivity index (χ3v) is 11.2. The standard InChI is InChI=1S/C48H68N6O8/c1-3-33(2)44(47(60)52-38(45(50)58)30-34-21-15-14-16-22-34)54-43(57)26-18-13-11-9-7-5-4-6-8-10-12-17-25-42(56)51-39(32-41(49)55)46(59)53-40(48(61)62)31-35-27-28-36-23-19-20-24-37(36)29-35/h14-16,19-24,27-29,33,38-40,44H,3-13,17-18,25-26,30-32H2,1-2H3,(H2,49,55)(H2,50,58)(H,51,56)(H,52,60)(H,53,59)(H,54,57)(H,61,62)/t33-,38-,39-,40-,44-/m0/s1. The second kappa shape index (κ2) is 27.9. The predicted molar refractivity (Wildman–Crippen MR) is 240 cm³/mol. The molecular weight excluding hydrogens is 789 g/mol. The fraction of sp³-hybridized carbons (Fsp3) is 0.521. The molecule has 0 unspecified atom stereocenters. The molecule has 9 N–H and O–H groups in total. The summed E-state index contributed by atoms with van der Waals surface area (Å²) in [6.45, 7) is 3.85. The normalized spacial score (nSPS) is 13.5. The summed E-state index contributed by atoms with van der Waals surface area (Å²) in [5.74, 6) is -4.55. The maximum absolute atomic E-state index is 13.2. The minimum Gasteiger partial charge on any atom is -0.480 e. The topological polar surface area (TPSA) is 240 Å². The second-order valence-corrected chi connectivity index (χ2v) is 16.4. The van der Waals surface area contributed by atoms with E-state index < -0.39 is 66.1 Å². The summed E-state index contributed by atoms with van der Waals surface area (Å²) < 4.78 is 0. The van der Waals surface area contributed by atoms with E-state index >= 15 is 0 Å². The number of primary amides is 2. The van der Waals surface area contributed by atoms with Crippen LogP contribution in [0.2, 0.25) is 0 Å². The lowest BCUT2D eigenvalue weighted by atomic mass is 9.97. The van der Waals surface area contributed by atoms with Gasteiger partial charge in [-0.05, 0) is 40.7 Å². The first-order valence-corrected chi connectivity index (χ1v) is 22.3. The number of carbonyl (C=O) groups excluding carboxylic acids is 6. The molecule has 14 nitrogen and oxygen atoms in total. The van der Waals surface area contributed by atoms with Crippen LogP contribution in [0.3, 0.4) is 0 Å². The zero-order chi connectivity index (χ0) is 45.3. The Morgan fingerprint density at radius 3 is 1.58 bits per heavy atom. The van der Waals surface area contributed by atoms with E-state index in [1.54, 1.807) is 6.07 Å². The Morgan fingerprint density at radius 1 is 0.548 bits per heavy atom. The highest BCUT2D eigenvalue weighted by molar-refractivity contribution is 5.94. The van der Waals surface area contributed by atoms with Gasteiger partial charge in [-0.3, -0.25) is 28.8 Å². The van der Waals surface area contributed by atoms with Gasteiger partial charge in [0, 0.05) is 25.7 Å². The summed E-state index contributed by atoms with van der Waals surface area (Å²) in [6, 6.07) is 18.4. The Labute approximate surface area is 366 Å². The van der Waals surface area contributed by atoms with Gasteiger partial charge in [0.1, 0.15) is 24.2 Å². The molecule has 338 valence electrons. The van der Waals surface area contributed by atoms with Gasteiger partial charge in [-0.2, -0.15) is 0 Å². The summed E-state index contributed by atoms with van der Waals surface area (Å²) in [5.41, 5.74) is 12.5. The Morgan fingerprint density at radius 2 is 1.05 bits per heavy atom. The number of hydrogen-bond donors (Lipinski definition) is 7. The largest absolute Gasteiger partial charge is 0.480 e. The fourth-order valence-corrected chi connectivity index (χ4v) is 7.37. The van der Waals surface area contributed by atoms with E-state index in [0.717, 1.165) is 92.5 Å². The smallest absolute Gasteiger partial charge is 0.326 e. The molecule has 0 aromatic heterocycles. The van der Waals surface area contributed by atoms with Crippen LogP contribution in [0.4, 0.5) is 0 Å². The van der Waals surface area contributed by atoms with E-state index in [4.69, 9.17) is 11.5 Å². The highest BCUT2D eigenvalue weighted by Crippen LogP contribution is 2.18. The summed E-state index contributed by atoms with van der Waals surface area (Å²) >= 11 is 0. The molecule has 0 fully saturated rings. The molecule has 0 heterocycles. The second-order valence-electron chi connectivity index (χ2n) is 16.4. The van der Waals surface area contributed by atoms with E-state index in [1.807, 2.05) is 80.6 Å². The van der Waals surface area contributed by atoms with Crippen molar-refractivity contribution in [2.75, 3.05) is 0 Å². The number of aliphatic carboxylic acids is 1. The number of carbonyl (C=O) groups is 7. The highest BCUT2D eigenvalue weighted by atomic mass is 16.4. The minimum absolute atomic E-state index is 0.0230. The summed E-state index contributed by atoms with van der Waals surface area (Å²) in [6.07, 6.45) is 12.7. The molecule has 6 amide bonds. The van der Waals surface area contributed by atoms with Gasteiger partial charge in [0.15, 0.2) is 0 Å². The van der Waals surface area contributed by atoms with E-state index in [0.29, 0.717) is 19.3 Å². The molecule has 14 heteroatoms. The average Bonchev–Trinajstić information content (AvgIpc) is 3.24. The van der Waals surface area contributed by atoms with Crippen molar-refractivity contribution in [2.45, 2.75) is 154 Å². The first-order chi connectivity index (χ1) is 29.8. The zero-order valence-electron chi connectivity index (χ0n) is 36.5. The number of carboxylic acid groups (broad SMARTS) is 1. The lowest BCUT2D eigenvalue weighted by Crippen LogP contribution is -2.55. The number of unbranched alkanes of at least 4 members (excludes halogenated alkanes) is 11. The summed E-state index contributed by atoms with van der Waals surface area (Å²) in [4.78, 5) is 87.6. The number of amides is 6. The predicted octanol–water partition coefficient (Wildman–Crippen LogP) is 5.52. The Kier molecular flexibility index (Phi) is 22.8. The molecule has 0 spiro atoms. The maximum Gasteiger partial charge on any atom is 0.326 e. The Balaban J connectivity index is 1.24. The number of nitrogens with two attached hydrogens (primary N) is 2. The monoisotopic (exact) mass is 857 g/mol. The summed E-state index contributed by atoms with van der Waals surface area (Å²) in [5, 5.41) is 22.5. The van der Waals surface area contributed by atoms with Gasteiger partial charge >= 0.3 is 5.97 Å². The lowest BCUT2D eigenvalue weighted by Gasteiger charge is -2.26. The van der Waals surface area contributed by atoms with Gasteiger partial charge < -0.3 is 37.8 Å². The average molecular weight is 857 g/mol. The van der Waals surface area contributed by atoms with Crippen LogP contribution in [0, 0.1) is 5.92 Å². The summed E-state index contributed by atoms with van der Waals surface area (Å²) in [7, 11) is 0. The van der Waals surface area contributed by atoms with Crippen molar-refractivity contribution in [3.63, 3.8) is 0 Å². The van der Waals surface area contributed by atoms with Crippen LogP contribution in [-0.4, -0.2) is 70.7 Å². The number of rotatable bonds is 31. The van der Waals surface area contributed by atoms with Crippen LogP contribution in [0.1, 0.15) is 128 Å². The fourth-order valence-electron chi connectivity index (χ4n) is 7.37. The molecule has 62 heavy (non-hydrogen) atoms. The molecule has 0 bridgehead atoms. The number of nitrogens with one attached hydrogen (secondary N) is 4. The molecule has 3 aromatic rings.